The van der Waals surface area contributed by atoms with E-state index >= 15 is 0 Å². The summed E-state index contributed by atoms with van der Waals surface area (Å²) in [4.78, 5) is 18.7. The van der Waals surface area contributed by atoms with Gasteiger partial charge < -0.3 is 10.2 Å². The Morgan fingerprint density at radius 2 is 1.96 bits per heavy atom. The molecule has 0 radical (unpaired) electrons. The van der Waals surface area contributed by atoms with Crippen LogP contribution in [-0.2, 0) is 14.8 Å². The number of sulfonamides is 1. The van der Waals surface area contributed by atoms with Crippen molar-refractivity contribution in [2.75, 3.05) is 38.2 Å². The van der Waals surface area contributed by atoms with Gasteiger partial charge in [0, 0.05) is 26.2 Å². The number of thioether (sulfide) groups is 1. The zero-order valence-corrected chi connectivity index (χ0v) is 15.0. The molecule has 0 aromatic rings. The van der Waals surface area contributed by atoms with E-state index in [2.05, 4.69) is 10.3 Å². The first-order valence-electron chi connectivity index (χ1n) is 8.13. The molecule has 2 atom stereocenters. The first-order chi connectivity index (χ1) is 10.9. The van der Waals surface area contributed by atoms with Crippen LogP contribution in [0.15, 0.2) is 4.99 Å². The van der Waals surface area contributed by atoms with Crippen molar-refractivity contribution in [2.24, 2.45) is 4.99 Å². The third-order valence-electron chi connectivity index (χ3n) is 4.71. The van der Waals surface area contributed by atoms with Gasteiger partial charge in [0.15, 0.2) is 5.17 Å². The van der Waals surface area contributed by atoms with Crippen molar-refractivity contribution < 1.29 is 13.2 Å². The Morgan fingerprint density at radius 1 is 1.26 bits per heavy atom. The molecule has 0 aromatic carbocycles. The van der Waals surface area contributed by atoms with Crippen LogP contribution in [0.3, 0.4) is 0 Å². The number of nitrogens with zero attached hydrogens (tertiary/aromatic N) is 3. The first kappa shape index (κ1) is 17.0. The minimum absolute atomic E-state index is 0.0579. The maximum absolute atomic E-state index is 12.3. The minimum Gasteiger partial charge on any atom is -0.360 e. The van der Waals surface area contributed by atoms with Crippen molar-refractivity contribution in [1.29, 1.82) is 0 Å². The zero-order valence-electron chi connectivity index (χ0n) is 13.4. The molecule has 2 fully saturated rings. The van der Waals surface area contributed by atoms with Crippen LogP contribution in [0.1, 0.15) is 25.7 Å². The second-order valence-electron chi connectivity index (χ2n) is 6.37. The fourth-order valence-electron chi connectivity index (χ4n) is 3.35. The summed E-state index contributed by atoms with van der Waals surface area (Å²) >= 11 is 1.47. The largest absolute Gasteiger partial charge is 0.360 e. The smallest absolute Gasteiger partial charge is 0.233 e. The van der Waals surface area contributed by atoms with Crippen LogP contribution in [0, 0.1) is 0 Å². The van der Waals surface area contributed by atoms with E-state index in [1.807, 2.05) is 0 Å². The summed E-state index contributed by atoms with van der Waals surface area (Å²) in [5, 5.41) is 4.33. The molecule has 0 bridgehead atoms. The van der Waals surface area contributed by atoms with Gasteiger partial charge in [0.1, 0.15) is 0 Å². The number of piperazine rings is 1. The van der Waals surface area contributed by atoms with E-state index in [0.29, 0.717) is 44.0 Å². The van der Waals surface area contributed by atoms with E-state index in [4.69, 9.17) is 0 Å². The van der Waals surface area contributed by atoms with Gasteiger partial charge >= 0.3 is 0 Å². The van der Waals surface area contributed by atoms with Crippen molar-refractivity contribution in [3.8, 4) is 0 Å². The molecule has 2 aliphatic heterocycles. The average Bonchev–Trinajstić information content (AvgIpc) is 2.95. The van der Waals surface area contributed by atoms with Crippen LogP contribution in [0.2, 0.25) is 0 Å². The summed E-state index contributed by atoms with van der Waals surface area (Å²) in [7, 11) is -3.15. The number of rotatable bonds is 3. The number of amidine groups is 1. The van der Waals surface area contributed by atoms with E-state index < -0.39 is 10.0 Å². The van der Waals surface area contributed by atoms with Gasteiger partial charge in [0.05, 0.1) is 24.1 Å². The topological polar surface area (TPSA) is 82.1 Å². The Kier molecular flexibility index (Phi) is 5.17. The summed E-state index contributed by atoms with van der Waals surface area (Å²) in [5.41, 5.74) is 0. The van der Waals surface area contributed by atoms with Crippen molar-refractivity contribution in [3.63, 3.8) is 0 Å². The highest BCUT2D eigenvalue weighted by Gasteiger charge is 2.31. The maximum atomic E-state index is 12.3. The zero-order chi connectivity index (χ0) is 16.4. The van der Waals surface area contributed by atoms with Crippen molar-refractivity contribution in [1.82, 2.24) is 14.5 Å². The van der Waals surface area contributed by atoms with Gasteiger partial charge in [-0.15, -0.1) is 0 Å². The predicted octanol–water partition coefficient (Wildman–Crippen LogP) is 0.0938. The molecule has 3 aliphatic rings. The van der Waals surface area contributed by atoms with Gasteiger partial charge in [-0.2, -0.15) is 4.31 Å². The lowest BCUT2D eigenvalue weighted by Crippen LogP contribution is -2.50. The molecule has 1 N–H and O–H groups in total. The normalized spacial score (nSPS) is 28.9. The quantitative estimate of drug-likeness (QED) is 0.772. The highest BCUT2D eigenvalue weighted by molar-refractivity contribution is 8.14. The lowest BCUT2D eigenvalue weighted by molar-refractivity contribution is -0.129. The van der Waals surface area contributed by atoms with Crippen LogP contribution < -0.4 is 5.32 Å². The summed E-state index contributed by atoms with van der Waals surface area (Å²) in [5.74, 6) is 0.423. The molecule has 2 heterocycles. The number of amides is 1. The number of nitrogens with one attached hydrogen (secondary N) is 1. The molecule has 1 amide bonds. The third kappa shape index (κ3) is 4.19. The Labute approximate surface area is 141 Å². The number of hydrogen-bond acceptors (Lipinski definition) is 6. The maximum Gasteiger partial charge on any atom is 0.233 e. The van der Waals surface area contributed by atoms with Crippen LogP contribution in [0.25, 0.3) is 0 Å². The van der Waals surface area contributed by atoms with E-state index in [-0.39, 0.29) is 5.91 Å². The lowest BCUT2D eigenvalue weighted by atomic mass is 9.92. The fourth-order valence-corrected chi connectivity index (χ4v) is 5.06. The molecule has 0 spiro atoms. The summed E-state index contributed by atoms with van der Waals surface area (Å²) in [6.45, 7) is 1.71. The number of aliphatic imine (C=N–C) groups is 1. The summed E-state index contributed by atoms with van der Waals surface area (Å²) in [6.07, 6.45) is 6.02. The Balaban J connectivity index is 1.44. The van der Waals surface area contributed by atoms with Gasteiger partial charge in [0.2, 0.25) is 15.9 Å². The molecule has 0 aromatic heterocycles. The monoisotopic (exact) mass is 360 g/mol. The number of fused-ring (bicyclic) bond motifs is 1. The van der Waals surface area contributed by atoms with E-state index in [0.717, 1.165) is 11.6 Å². The molecule has 9 heteroatoms. The molecule has 1 aliphatic carbocycles. The van der Waals surface area contributed by atoms with Gasteiger partial charge in [0.25, 0.3) is 0 Å². The SMILES string of the molecule is CS(=O)(=O)N1CCN(C(=O)CSC2=N[C@H]3CCCC[C@@H]3N2)CC1. The Bertz CT molecular complexity index is 585. The molecule has 0 unspecified atom stereocenters. The van der Waals surface area contributed by atoms with E-state index in [1.165, 1.54) is 41.6 Å². The molecule has 1 saturated heterocycles. The molecule has 3 rings (SSSR count). The Hall–Kier alpha value is -0.800. The number of carbonyl (C=O) groups is 1. The highest BCUT2D eigenvalue weighted by atomic mass is 32.2. The summed E-state index contributed by atoms with van der Waals surface area (Å²) in [6, 6.07) is 0.847. The summed E-state index contributed by atoms with van der Waals surface area (Å²) < 4.78 is 24.4. The number of hydrogen-bond donors (Lipinski definition) is 1. The van der Waals surface area contributed by atoms with Gasteiger partial charge in [-0.3, -0.25) is 9.79 Å². The second kappa shape index (κ2) is 6.98. The molecule has 7 nitrogen and oxygen atoms in total. The second-order valence-corrected chi connectivity index (χ2v) is 9.31. The van der Waals surface area contributed by atoms with Crippen molar-refractivity contribution in [3.05, 3.63) is 0 Å². The molecule has 130 valence electrons. The van der Waals surface area contributed by atoms with Gasteiger partial charge in [-0.25, -0.2) is 8.42 Å². The first-order valence-corrected chi connectivity index (χ1v) is 11.0. The highest BCUT2D eigenvalue weighted by Crippen LogP contribution is 2.27. The van der Waals surface area contributed by atoms with Crippen LogP contribution in [0.5, 0.6) is 0 Å². The van der Waals surface area contributed by atoms with Crippen molar-refractivity contribution in [2.45, 2.75) is 37.8 Å². The molecule has 23 heavy (non-hydrogen) atoms. The van der Waals surface area contributed by atoms with Crippen LogP contribution in [0.4, 0.5) is 0 Å². The standard InChI is InChI=1S/C14H24N4O3S2/c1-23(20,21)18-8-6-17(7-9-18)13(19)10-22-14-15-11-4-2-3-5-12(11)16-14/h11-12H,2-10H2,1H3,(H,15,16)/t11-,12-/m0/s1. The molecular formula is C14H24N4O3S2. The average molecular weight is 361 g/mol. The minimum atomic E-state index is -3.15. The van der Waals surface area contributed by atoms with Gasteiger partial charge in [-0.05, 0) is 12.8 Å². The van der Waals surface area contributed by atoms with Crippen molar-refractivity contribution >= 4 is 32.9 Å². The number of carbonyl (C=O) groups excluding carboxylic acids is 1. The van der Waals surface area contributed by atoms with Gasteiger partial charge in [-0.1, -0.05) is 24.6 Å². The van der Waals surface area contributed by atoms with E-state index in [1.54, 1.807) is 4.90 Å². The van der Waals surface area contributed by atoms with Crippen LogP contribution in [-0.4, -0.2) is 79.0 Å². The fraction of sp³-hybridized carbons (Fsp3) is 0.857. The molecule has 1 saturated carbocycles. The van der Waals surface area contributed by atoms with Crippen LogP contribution >= 0.6 is 11.8 Å². The predicted molar refractivity (Wildman–Crippen MR) is 92.1 cm³/mol. The third-order valence-corrected chi connectivity index (χ3v) is 6.91. The molecular weight excluding hydrogens is 336 g/mol. The lowest BCUT2D eigenvalue weighted by Gasteiger charge is -2.33. The Morgan fingerprint density at radius 3 is 2.61 bits per heavy atom. The van der Waals surface area contributed by atoms with E-state index in [9.17, 15) is 13.2 Å².